The lowest BCUT2D eigenvalue weighted by molar-refractivity contribution is 0.124. The van der Waals surface area contributed by atoms with Gasteiger partial charge in [-0.25, -0.2) is 4.79 Å². The number of carbonyl (C=O) groups is 1. The third-order valence-electron chi connectivity index (χ3n) is 4.38. The Morgan fingerprint density at radius 3 is 2.86 bits per heavy atom. The van der Waals surface area contributed by atoms with Crippen molar-refractivity contribution in [3.8, 4) is 0 Å². The summed E-state index contributed by atoms with van der Waals surface area (Å²) in [4.78, 5) is 18.6. The smallest absolute Gasteiger partial charge is 0.411 e. The Bertz CT molecular complexity index is 693. The third kappa shape index (κ3) is 1.88. The molecule has 2 aliphatic heterocycles. The molecule has 1 aromatic heterocycles. The van der Waals surface area contributed by atoms with Crippen LogP contribution in [0.1, 0.15) is 18.5 Å². The van der Waals surface area contributed by atoms with Gasteiger partial charge in [0.05, 0.1) is 17.6 Å². The van der Waals surface area contributed by atoms with Gasteiger partial charge in [-0.3, -0.25) is 9.88 Å². The predicted octanol–water partition coefficient (Wildman–Crippen LogP) is 2.09. The highest BCUT2D eigenvalue weighted by atomic mass is 16.6. The molecule has 2 aromatic rings. The molecule has 0 spiro atoms. The monoisotopic (exact) mass is 283 g/mol. The maximum Gasteiger partial charge on any atom is 0.411 e. The number of nitrogens with zero attached hydrogens (tertiary/aromatic N) is 2. The Hall–Kier alpha value is -2.14. The molecule has 21 heavy (non-hydrogen) atoms. The van der Waals surface area contributed by atoms with E-state index in [1.54, 1.807) is 6.20 Å². The second-order valence-electron chi connectivity index (χ2n) is 5.68. The van der Waals surface area contributed by atoms with Crippen molar-refractivity contribution < 1.29 is 9.53 Å². The summed E-state index contributed by atoms with van der Waals surface area (Å²) in [6.45, 7) is 3.61. The minimum Gasteiger partial charge on any atom is -0.444 e. The molecule has 4 rings (SSSR count). The van der Waals surface area contributed by atoms with E-state index in [1.165, 1.54) is 0 Å². The fourth-order valence-electron chi connectivity index (χ4n) is 3.24. The highest BCUT2D eigenvalue weighted by Gasteiger charge is 2.46. The lowest BCUT2D eigenvalue weighted by Gasteiger charge is -2.38. The zero-order valence-corrected chi connectivity index (χ0v) is 11.8. The molecule has 2 atom stereocenters. The van der Waals surface area contributed by atoms with Crippen LogP contribution in [0.15, 0.2) is 36.5 Å². The van der Waals surface area contributed by atoms with Gasteiger partial charge < -0.3 is 10.1 Å². The third-order valence-corrected chi connectivity index (χ3v) is 4.38. The molecule has 0 aliphatic carbocycles. The normalized spacial score (nSPS) is 26.0. The van der Waals surface area contributed by atoms with Crippen LogP contribution in [-0.4, -0.2) is 41.2 Å². The number of rotatable bonds is 2. The summed E-state index contributed by atoms with van der Waals surface area (Å²) in [5, 5.41) is 4.31. The fourth-order valence-corrected chi connectivity index (χ4v) is 3.24. The van der Waals surface area contributed by atoms with Gasteiger partial charge in [0, 0.05) is 30.2 Å². The summed E-state index contributed by atoms with van der Waals surface area (Å²) in [7, 11) is 0. The minimum atomic E-state index is -0.216. The first-order valence-corrected chi connectivity index (χ1v) is 7.29. The molecular weight excluding hydrogens is 266 g/mol. The van der Waals surface area contributed by atoms with Crippen LogP contribution in [0.2, 0.25) is 0 Å². The van der Waals surface area contributed by atoms with Crippen LogP contribution >= 0.6 is 0 Å². The van der Waals surface area contributed by atoms with Gasteiger partial charge in [0.2, 0.25) is 0 Å². The van der Waals surface area contributed by atoms with Crippen molar-refractivity contribution >= 4 is 17.0 Å². The fraction of sp³-hybridized carbons (Fsp3) is 0.375. The zero-order valence-electron chi connectivity index (χ0n) is 11.8. The first-order valence-electron chi connectivity index (χ1n) is 7.29. The maximum absolute atomic E-state index is 12.2. The number of nitrogens with one attached hydrogen (secondary N) is 1. The van der Waals surface area contributed by atoms with Crippen LogP contribution in [0.4, 0.5) is 4.79 Å². The average molecular weight is 283 g/mol. The molecule has 2 saturated heterocycles. The zero-order chi connectivity index (χ0) is 14.4. The Labute approximate surface area is 122 Å². The Kier molecular flexibility index (Phi) is 2.82. The predicted molar refractivity (Wildman–Crippen MR) is 78.9 cm³/mol. The number of fused-ring (bicyclic) bond motifs is 1. The van der Waals surface area contributed by atoms with Gasteiger partial charge in [-0.05, 0) is 13.0 Å². The summed E-state index contributed by atoms with van der Waals surface area (Å²) >= 11 is 0. The molecule has 0 saturated carbocycles. The number of amides is 1. The van der Waals surface area contributed by atoms with E-state index in [0.717, 1.165) is 29.6 Å². The molecule has 5 nitrogen and oxygen atoms in total. The van der Waals surface area contributed by atoms with E-state index in [-0.39, 0.29) is 24.3 Å². The van der Waals surface area contributed by atoms with Crippen LogP contribution in [0.5, 0.6) is 0 Å². The summed E-state index contributed by atoms with van der Waals surface area (Å²) in [6, 6.07) is 10.2. The maximum atomic E-state index is 12.2. The van der Waals surface area contributed by atoms with Gasteiger partial charge >= 0.3 is 6.09 Å². The number of hydrogen-bond donors (Lipinski definition) is 1. The SMILES string of the molecule is CC1OC(=O)N(C2CNC2)C1c1cccc2cccnc12. The highest BCUT2D eigenvalue weighted by molar-refractivity contribution is 5.83. The Balaban J connectivity index is 1.83. The van der Waals surface area contributed by atoms with E-state index in [1.807, 2.05) is 36.1 Å². The standard InChI is InChI=1S/C16H17N3O2/c1-10-15(19(16(20)21-10)12-8-17-9-12)13-6-2-4-11-5-3-7-18-14(11)13/h2-7,10,12,15,17H,8-9H2,1H3. The summed E-state index contributed by atoms with van der Waals surface area (Å²) in [6.07, 6.45) is 1.42. The number of pyridine rings is 1. The molecule has 2 aliphatic rings. The van der Waals surface area contributed by atoms with Crippen LogP contribution in [0.3, 0.4) is 0 Å². The van der Waals surface area contributed by atoms with E-state index in [0.29, 0.717) is 0 Å². The molecule has 1 amide bonds. The molecule has 3 heterocycles. The number of ether oxygens (including phenoxy) is 1. The van der Waals surface area contributed by atoms with E-state index < -0.39 is 0 Å². The van der Waals surface area contributed by atoms with Crippen molar-refractivity contribution in [1.82, 2.24) is 15.2 Å². The highest BCUT2D eigenvalue weighted by Crippen LogP contribution is 2.38. The van der Waals surface area contributed by atoms with Crippen molar-refractivity contribution in [3.63, 3.8) is 0 Å². The summed E-state index contributed by atoms with van der Waals surface area (Å²) in [5.41, 5.74) is 2.02. The van der Waals surface area contributed by atoms with Crippen molar-refractivity contribution in [1.29, 1.82) is 0 Å². The second kappa shape index (κ2) is 4.70. The topological polar surface area (TPSA) is 54.5 Å². The quantitative estimate of drug-likeness (QED) is 0.917. The van der Waals surface area contributed by atoms with Crippen molar-refractivity contribution in [2.24, 2.45) is 0 Å². The van der Waals surface area contributed by atoms with Gasteiger partial charge in [0.15, 0.2) is 0 Å². The molecule has 0 radical (unpaired) electrons. The lowest BCUT2D eigenvalue weighted by atomic mass is 9.96. The largest absolute Gasteiger partial charge is 0.444 e. The van der Waals surface area contributed by atoms with E-state index in [4.69, 9.17) is 4.74 Å². The van der Waals surface area contributed by atoms with Gasteiger partial charge in [0.1, 0.15) is 6.10 Å². The van der Waals surface area contributed by atoms with E-state index in [9.17, 15) is 4.79 Å². The Morgan fingerprint density at radius 1 is 1.29 bits per heavy atom. The Morgan fingerprint density at radius 2 is 2.10 bits per heavy atom. The molecular formula is C16H17N3O2. The second-order valence-corrected chi connectivity index (χ2v) is 5.68. The number of benzene rings is 1. The molecule has 1 aromatic carbocycles. The minimum absolute atomic E-state index is 0.0665. The van der Waals surface area contributed by atoms with Gasteiger partial charge in [0.25, 0.3) is 0 Å². The first kappa shape index (κ1) is 12.6. The van der Waals surface area contributed by atoms with Crippen molar-refractivity contribution in [3.05, 3.63) is 42.1 Å². The molecule has 108 valence electrons. The number of carbonyl (C=O) groups excluding carboxylic acids is 1. The average Bonchev–Trinajstić information content (AvgIpc) is 2.72. The first-order chi connectivity index (χ1) is 10.3. The number of para-hydroxylation sites is 1. The number of cyclic esters (lactones) is 1. The van der Waals surface area contributed by atoms with E-state index in [2.05, 4.69) is 16.4 Å². The molecule has 5 heteroatoms. The molecule has 2 fully saturated rings. The number of hydrogen-bond acceptors (Lipinski definition) is 4. The van der Waals surface area contributed by atoms with Gasteiger partial charge in [-0.2, -0.15) is 0 Å². The number of aromatic nitrogens is 1. The van der Waals surface area contributed by atoms with Gasteiger partial charge in [-0.1, -0.05) is 24.3 Å². The summed E-state index contributed by atoms with van der Waals surface area (Å²) in [5.74, 6) is 0. The van der Waals surface area contributed by atoms with Crippen molar-refractivity contribution in [2.45, 2.75) is 25.1 Å². The van der Waals surface area contributed by atoms with E-state index >= 15 is 0 Å². The molecule has 2 unspecified atom stereocenters. The van der Waals surface area contributed by atoms with Gasteiger partial charge in [-0.15, -0.1) is 0 Å². The van der Waals surface area contributed by atoms with Crippen molar-refractivity contribution in [2.75, 3.05) is 13.1 Å². The van der Waals surface area contributed by atoms with Crippen LogP contribution < -0.4 is 5.32 Å². The van der Waals surface area contributed by atoms with Crippen LogP contribution in [0.25, 0.3) is 10.9 Å². The molecule has 0 bridgehead atoms. The van der Waals surface area contributed by atoms with Crippen LogP contribution in [0, 0.1) is 0 Å². The molecule has 1 N–H and O–H groups in total. The summed E-state index contributed by atoms with van der Waals surface area (Å²) < 4.78 is 5.48. The lowest BCUT2D eigenvalue weighted by Crippen LogP contribution is -2.58. The van der Waals surface area contributed by atoms with Crippen LogP contribution in [-0.2, 0) is 4.74 Å².